The van der Waals surface area contributed by atoms with Gasteiger partial charge < -0.3 is 31.2 Å². The van der Waals surface area contributed by atoms with Gasteiger partial charge in [-0.15, -0.1) is 0 Å². The number of hydrogen-bond donors (Lipinski definition) is 0. The van der Waals surface area contributed by atoms with Gasteiger partial charge in [0.15, 0.2) is 6.54 Å². The summed E-state index contributed by atoms with van der Waals surface area (Å²) in [5.41, 5.74) is 0. The molecule has 0 aromatic carbocycles. The summed E-state index contributed by atoms with van der Waals surface area (Å²) >= 11 is 0. The molecule has 0 fully saturated rings. The molecule has 0 amide bonds. The Morgan fingerprint density at radius 3 is 2.43 bits per heavy atom. The molecule has 1 aromatic rings. The average molecular weight is 365 g/mol. The third-order valence-electron chi connectivity index (χ3n) is 2.64. The molecule has 0 aliphatic rings. The summed E-state index contributed by atoms with van der Waals surface area (Å²) in [6.45, 7) is 4.94. The topological polar surface area (TPSA) is 53.6 Å². The molecule has 0 atom stereocenters. The molecule has 0 unspecified atom stereocenters. The van der Waals surface area contributed by atoms with E-state index in [9.17, 15) is 4.79 Å². The maximum absolute atomic E-state index is 11.5. The lowest BCUT2D eigenvalue weighted by Crippen LogP contribution is -3.00. The fraction of sp³-hybridized carbons (Fsp3) is 0.714. The molecule has 7 heteroatoms. The number of nitrogens with zero attached hydrogens (tertiary/aromatic N) is 2. The van der Waals surface area contributed by atoms with Gasteiger partial charge in [-0.2, -0.15) is 0 Å². The smallest absolute Gasteiger partial charge is 0.348 e. The number of imidazole rings is 1. The molecule has 1 rings (SSSR count). The number of aromatic nitrogens is 2. The second-order valence-electron chi connectivity index (χ2n) is 4.55. The minimum absolute atomic E-state index is 0. The van der Waals surface area contributed by atoms with Crippen molar-refractivity contribution < 1.29 is 40.6 Å². The molecule has 122 valence electrons. The van der Waals surface area contributed by atoms with Gasteiger partial charge in [0, 0.05) is 6.61 Å². The second-order valence-corrected chi connectivity index (χ2v) is 4.55. The second kappa shape index (κ2) is 12.8. The van der Waals surface area contributed by atoms with Crippen molar-refractivity contribution in [3.05, 3.63) is 18.7 Å². The largest absolute Gasteiger partial charge is 1.00 e. The Labute approximate surface area is 136 Å². The summed E-state index contributed by atoms with van der Waals surface area (Å²) in [7, 11) is 1.90. The molecule has 0 aliphatic carbocycles. The van der Waals surface area contributed by atoms with E-state index in [1.807, 2.05) is 30.3 Å². The highest BCUT2D eigenvalue weighted by molar-refractivity contribution is 5.67. The van der Waals surface area contributed by atoms with Gasteiger partial charge in [0.2, 0.25) is 6.33 Å². The van der Waals surface area contributed by atoms with E-state index < -0.39 is 0 Å². The van der Waals surface area contributed by atoms with Crippen LogP contribution in [-0.4, -0.2) is 43.6 Å². The maximum atomic E-state index is 11.5. The number of halogens is 1. The SMILES string of the molecule is CCCCOCCOCCOC(=O)C[n+]1ccn(C)c1.[Br-]. The van der Waals surface area contributed by atoms with Crippen LogP contribution in [0.5, 0.6) is 0 Å². The van der Waals surface area contributed by atoms with E-state index in [1.54, 1.807) is 4.57 Å². The first-order valence-corrected chi connectivity index (χ1v) is 7.04. The van der Waals surface area contributed by atoms with Crippen molar-refractivity contribution in [3.63, 3.8) is 0 Å². The molecule has 0 aliphatic heterocycles. The number of esters is 1. The number of hydrogen-bond acceptors (Lipinski definition) is 4. The Bertz CT molecular complexity index is 385. The van der Waals surface area contributed by atoms with Crippen LogP contribution in [0, 0.1) is 0 Å². The quantitative estimate of drug-likeness (QED) is 0.251. The minimum atomic E-state index is -0.260. The van der Waals surface area contributed by atoms with E-state index in [0.717, 1.165) is 19.4 Å². The number of aryl methyl sites for hydroxylation is 1. The Morgan fingerprint density at radius 1 is 1.14 bits per heavy atom. The molecular weight excluding hydrogens is 340 g/mol. The molecule has 0 spiro atoms. The molecule has 0 radical (unpaired) electrons. The molecule has 0 saturated heterocycles. The van der Waals surface area contributed by atoms with Crippen LogP contribution in [0.4, 0.5) is 0 Å². The predicted octanol–water partition coefficient (Wildman–Crippen LogP) is -2.31. The van der Waals surface area contributed by atoms with Crippen LogP contribution in [0.2, 0.25) is 0 Å². The van der Waals surface area contributed by atoms with E-state index in [0.29, 0.717) is 19.8 Å². The zero-order valence-corrected chi connectivity index (χ0v) is 14.4. The summed E-state index contributed by atoms with van der Waals surface area (Å²) in [4.78, 5) is 11.5. The van der Waals surface area contributed by atoms with Gasteiger partial charge in [-0.25, -0.2) is 13.9 Å². The highest BCUT2D eigenvalue weighted by Crippen LogP contribution is 1.88. The van der Waals surface area contributed by atoms with Crippen molar-refractivity contribution in [2.75, 3.05) is 33.0 Å². The number of carbonyl (C=O) groups is 1. The zero-order chi connectivity index (χ0) is 14.6. The molecule has 0 saturated carbocycles. The summed E-state index contributed by atoms with van der Waals surface area (Å²) in [5.74, 6) is -0.260. The maximum Gasteiger partial charge on any atom is 0.348 e. The third-order valence-corrected chi connectivity index (χ3v) is 2.64. The van der Waals surface area contributed by atoms with Gasteiger partial charge in [0.1, 0.15) is 19.0 Å². The minimum Gasteiger partial charge on any atom is -1.00 e. The summed E-state index contributed by atoms with van der Waals surface area (Å²) in [6.07, 6.45) is 7.73. The van der Waals surface area contributed by atoms with Crippen molar-refractivity contribution in [3.8, 4) is 0 Å². The average Bonchev–Trinajstić information content (AvgIpc) is 2.82. The fourth-order valence-electron chi connectivity index (χ4n) is 1.57. The van der Waals surface area contributed by atoms with Crippen molar-refractivity contribution in [2.24, 2.45) is 7.05 Å². The summed E-state index contributed by atoms with van der Waals surface area (Å²) in [5, 5.41) is 0. The van der Waals surface area contributed by atoms with Crippen LogP contribution in [0.15, 0.2) is 18.7 Å². The van der Waals surface area contributed by atoms with Crippen LogP contribution in [0.25, 0.3) is 0 Å². The van der Waals surface area contributed by atoms with Gasteiger partial charge in [-0.3, -0.25) is 0 Å². The zero-order valence-electron chi connectivity index (χ0n) is 12.8. The number of carbonyl (C=O) groups excluding carboxylic acids is 1. The van der Waals surface area contributed by atoms with E-state index >= 15 is 0 Å². The summed E-state index contributed by atoms with van der Waals surface area (Å²) < 4.78 is 19.4. The highest BCUT2D eigenvalue weighted by atomic mass is 79.9. The Morgan fingerprint density at radius 2 is 1.81 bits per heavy atom. The van der Waals surface area contributed by atoms with Gasteiger partial charge in [0.25, 0.3) is 0 Å². The van der Waals surface area contributed by atoms with Crippen LogP contribution in [0.1, 0.15) is 19.8 Å². The molecule has 6 nitrogen and oxygen atoms in total. The Kier molecular flexibility index (Phi) is 12.2. The monoisotopic (exact) mass is 364 g/mol. The molecule has 1 heterocycles. The lowest BCUT2D eigenvalue weighted by Gasteiger charge is -2.06. The normalized spacial score (nSPS) is 10.2. The number of rotatable bonds is 11. The summed E-state index contributed by atoms with van der Waals surface area (Å²) in [6, 6.07) is 0. The molecule has 21 heavy (non-hydrogen) atoms. The molecule has 0 N–H and O–H groups in total. The van der Waals surface area contributed by atoms with Crippen LogP contribution in [-0.2, 0) is 32.6 Å². The van der Waals surface area contributed by atoms with Gasteiger partial charge in [0.05, 0.1) is 26.9 Å². The van der Waals surface area contributed by atoms with Crippen molar-refractivity contribution in [2.45, 2.75) is 26.3 Å². The fourth-order valence-corrected chi connectivity index (χ4v) is 1.57. The van der Waals surface area contributed by atoms with Gasteiger partial charge in [-0.05, 0) is 6.42 Å². The third kappa shape index (κ3) is 10.4. The first kappa shape index (κ1) is 20.1. The first-order valence-electron chi connectivity index (χ1n) is 7.04. The lowest BCUT2D eigenvalue weighted by molar-refractivity contribution is -0.685. The van der Waals surface area contributed by atoms with E-state index in [4.69, 9.17) is 14.2 Å². The molecular formula is C14H25BrN2O4. The van der Waals surface area contributed by atoms with Crippen molar-refractivity contribution in [1.82, 2.24) is 4.57 Å². The van der Waals surface area contributed by atoms with Crippen LogP contribution < -0.4 is 21.5 Å². The highest BCUT2D eigenvalue weighted by Gasteiger charge is 2.08. The Hall–Kier alpha value is -0.920. The van der Waals surface area contributed by atoms with Crippen LogP contribution in [0.3, 0.4) is 0 Å². The van der Waals surface area contributed by atoms with E-state index in [-0.39, 0.29) is 36.1 Å². The van der Waals surface area contributed by atoms with Gasteiger partial charge in [-0.1, -0.05) is 13.3 Å². The van der Waals surface area contributed by atoms with Crippen molar-refractivity contribution >= 4 is 5.97 Å². The Balaban J connectivity index is 0.00000400. The number of ether oxygens (including phenoxy) is 3. The number of unbranched alkanes of at least 4 members (excludes halogenated alkanes) is 1. The van der Waals surface area contributed by atoms with E-state index in [2.05, 4.69) is 6.92 Å². The van der Waals surface area contributed by atoms with Gasteiger partial charge >= 0.3 is 5.97 Å². The lowest BCUT2D eigenvalue weighted by atomic mass is 10.4. The van der Waals surface area contributed by atoms with E-state index in [1.165, 1.54) is 0 Å². The predicted molar refractivity (Wildman–Crippen MR) is 73.1 cm³/mol. The molecule has 0 bridgehead atoms. The molecule has 1 aromatic heterocycles. The standard InChI is InChI=1S/C14H25N2O4.BrH/c1-3-4-7-18-8-9-19-10-11-20-14(17)12-16-6-5-15(2)13-16;/h5-6,13H,3-4,7-12H2,1-2H3;1H/q+1;/p-1. The first-order chi connectivity index (χ1) is 9.72. The van der Waals surface area contributed by atoms with Crippen molar-refractivity contribution in [1.29, 1.82) is 0 Å². The van der Waals surface area contributed by atoms with Crippen LogP contribution >= 0.6 is 0 Å².